The second kappa shape index (κ2) is 23.7. The molecule has 0 amide bonds. The van der Waals surface area contributed by atoms with E-state index in [2.05, 4.69) is 20.1 Å². The van der Waals surface area contributed by atoms with Crippen molar-refractivity contribution in [2.24, 2.45) is 0 Å². The van der Waals surface area contributed by atoms with E-state index in [1.165, 1.54) is 0 Å². The summed E-state index contributed by atoms with van der Waals surface area (Å²) in [5.41, 5.74) is 1.11. The zero-order chi connectivity index (χ0) is 8.99. The highest BCUT2D eigenvalue weighted by molar-refractivity contribution is 5.09. The summed E-state index contributed by atoms with van der Waals surface area (Å²) >= 11 is 0. The summed E-state index contributed by atoms with van der Waals surface area (Å²) in [5.74, 6) is 0. The van der Waals surface area contributed by atoms with Crippen LogP contribution in [0.1, 0.15) is 27.2 Å². The summed E-state index contributed by atoms with van der Waals surface area (Å²) in [5, 5.41) is 0. The number of allylic oxidation sites excluding steroid dienone is 2. The van der Waals surface area contributed by atoms with E-state index < -0.39 is 0 Å². The van der Waals surface area contributed by atoms with Crippen LogP contribution in [-0.4, -0.2) is 7.18 Å². The Morgan fingerprint density at radius 2 is 1.70 bits per heavy atom. The Labute approximate surface area is 64.5 Å². The van der Waals surface area contributed by atoms with Gasteiger partial charge in [0.15, 0.2) is 0 Å². The maximum Gasteiger partial charge on any atom is 0.0785 e. The maximum absolute atomic E-state index is 9.50. The Morgan fingerprint density at radius 3 is 1.70 bits per heavy atom. The average molecular weight is 146 g/mol. The van der Waals surface area contributed by atoms with Crippen molar-refractivity contribution < 1.29 is 4.39 Å². The van der Waals surface area contributed by atoms with E-state index in [-0.39, 0.29) is 0 Å². The maximum atomic E-state index is 9.50. The largest absolute Gasteiger partial charge is 0.255 e. The highest BCUT2D eigenvalue weighted by Gasteiger charge is 1.72. The molecule has 0 radical (unpaired) electrons. The molecule has 0 aliphatic heterocycles. The number of halogens is 1. The van der Waals surface area contributed by atoms with Gasteiger partial charge in [-0.15, -0.1) is 0 Å². The zero-order valence-corrected chi connectivity index (χ0v) is 7.58. The van der Waals surface area contributed by atoms with Crippen molar-refractivity contribution in [1.29, 1.82) is 0 Å². The molecule has 10 heavy (non-hydrogen) atoms. The molecule has 0 aromatic carbocycles. The summed E-state index contributed by atoms with van der Waals surface area (Å²) < 4.78 is 9.50. The van der Waals surface area contributed by atoms with Crippen LogP contribution in [0.5, 0.6) is 0 Å². The lowest BCUT2D eigenvalue weighted by Gasteiger charge is -1.83. The van der Waals surface area contributed by atoms with E-state index in [9.17, 15) is 4.39 Å². The SMILES string of the molecule is C=CC(=C)CC.CC.CF. The van der Waals surface area contributed by atoms with E-state index in [1.54, 1.807) is 6.08 Å². The minimum absolute atomic E-state index is 0.500. The number of hydrogen-bond donors (Lipinski definition) is 0. The molecule has 0 N–H and O–H groups in total. The first-order valence-electron chi connectivity index (χ1n) is 3.49. The fourth-order valence-corrected chi connectivity index (χ4v) is 0.144. The minimum atomic E-state index is 0.500. The van der Waals surface area contributed by atoms with Crippen LogP contribution >= 0.6 is 0 Å². The van der Waals surface area contributed by atoms with Crippen molar-refractivity contribution in [1.82, 2.24) is 0 Å². The van der Waals surface area contributed by atoms with Crippen LogP contribution in [0.4, 0.5) is 4.39 Å². The van der Waals surface area contributed by atoms with Crippen molar-refractivity contribution in [3.8, 4) is 0 Å². The van der Waals surface area contributed by atoms with E-state index >= 15 is 0 Å². The first-order valence-corrected chi connectivity index (χ1v) is 3.49. The highest BCUT2D eigenvalue weighted by Crippen LogP contribution is 1.93. The third-order valence-corrected chi connectivity index (χ3v) is 0.743. The second-order valence-electron chi connectivity index (χ2n) is 1.22. The molecule has 0 aromatic heterocycles. The summed E-state index contributed by atoms with van der Waals surface area (Å²) in [4.78, 5) is 0. The fraction of sp³-hybridized carbons (Fsp3) is 0.556. The van der Waals surface area contributed by atoms with Gasteiger partial charge >= 0.3 is 0 Å². The van der Waals surface area contributed by atoms with Gasteiger partial charge in [0.25, 0.3) is 0 Å². The van der Waals surface area contributed by atoms with Crippen LogP contribution in [0.15, 0.2) is 24.8 Å². The smallest absolute Gasteiger partial charge is 0.0785 e. The summed E-state index contributed by atoms with van der Waals surface area (Å²) in [6, 6.07) is 0. The lowest BCUT2D eigenvalue weighted by Crippen LogP contribution is -1.62. The number of rotatable bonds is 2. The predicted molar refractivity (Wildman–Crippen MR) is 48.0 cm³/mol. The zero-order valence-electron chi connectivity index (χ0n) is 7.58. The van der Waals surface area contributed by atoms with Crippen LogP contribution in [0.3, 0.4) is 0 Å². The molecule has 0 bridgehead atoms. The Kier molecular flexibility index (Phi) is 38.5. The monoisotopic (exact) mass is 146 g/mol. The van der Waals surface area contributed by atoms with Gasteiger partial charge in [-0.25, -0.2) is 0 Å². The van der Waals surface area contributed by atoms with E-state index in [0.29, 0.717) is 7.18 Å². The van der Waals surface area contributed by atoms with Crippen LogP contribution in [0.25, 0.3) is 0 Å². The van der Waals surface area contributed by atoms with E-state index in [1.807, 2.05) is 13.8 Å². The Bertz CT molecular complexity index is 65.1. The van der Waals surface area contributed by atoms with Crippen molar-refractivity contribution >= 4 is 0 Å². The van der Waals surface area contributed by atoms with Gasteiger partial charge in [-0.2, -0.15) is 0 Å². The third kappa shape index (κ3) is 26.2. The van der Waals surface area contributed by atoms with E-state index in [4.69, 9.17) is 0 Å². The molecular formula is C9H19F. The molecule has 0 atom stereocenters. The van der Waals surface area contributed by atoms with Gasteiger partial charge < -0.3 is 0 Å². The molecule has 0 aliphatic rings. The van der Waals surface area contributed by atoms with Gasteiger partial charge in [0.2, 0.25) is 0 Å². The van der Waals surface area contributed by atoms with Gasteiger partial charge in [-0.3, -0.25) is 4.39 Å². The molecule has 0 fully saturated rings. The number of hydrogen-bond acceptors (Lipinski definition) is 0. The molecule has 0 heterocycles. The normalized spacial score (nSPS) is 5.70. The van der Waals surface area contributed by atoms with Crippen molar-refractivity contribution in [3.05, 3.63) is 24.8 Å². The predicted octanol–water partition coefficient (Wildman–Crippen LogP) is 3.75. The molecule has 0 aliphatic carbocycles. The van der Waals surface area contributed by atoms with Gasteiger partial charge in [-0.1, -0.05) is 45.6 Å². The van der Waals surface area contributed by atoms with Crippen molar-refractivity contribution in [2.45, 2.75) is 27.2 Å². The van der Waals surface area contributed by atoms with Gasteiger partial charge in [0.05, 0.1) is 7.18 Å². The molecule has 62 valence electrons. The lowest BCUT2D eigenvalue weighted by atomic mass is 10.2. The molecule has 0 rings (SSSR count). The molecule has 0 saturated heterocycles. The topological polar surface area (TPSA) is 0 Å². The Hall–Kier alpha value is -0.590. The molecule has 0 saturated carbocycles. The summed E-state index contributed by atoms with van der Waals surface area (Å²) in [6.07, 6.45) is 2.80. The molecule has 1 heteroatoms. The Balaban J connectivity index is -0.000000105. The first kappa shape index (κ1) is 16.2. The lowest BCUT2D eigenvalue weighted by molar-refractivity contribution is 0.636. The minimum Gasteiger partial charge on any atom is -0.255 e. The van der Waals surface area contributed by atoms with Crippen LogP contribution in [-0.2, 0) is 0 Å². The number of alkyl halides is 1. The highest BCUT2D eigenvalue weighted by atomic mass is 19.1. The first-order chi connectivity index (χ1) is 4.81. The molecule has 0 aromatic rings. The Morgan fingerprint density at radius 1 is 1.40 bits per heavy atom. The van der Waals surface area contributed by atoms with Gasteiger partial charge in [-0.05, 0) is 6.42 Å². The van der Waals surface area contributed by atoms with Crippen LogP contribution in [0, 0.1) is 0 Å². The second-order valence-corrected chi connectivity index (χ2v) is 1.22. The summed E-state index contributed by atoms with van der Waals surface area (Å²) in [6.45, 7) is 13.3. The quantitative estimate of drug-likeness (QED) is 0.520. The van der Waals surface area contributed by atoms with E-state index in [0.717, 1.165) is 12.0 Å². The van der Waals surface area contributed by atoms with Crippen LogP contribution in [0.2, 0.25) is 0 Å². The molecular weight excluding hydrogens is 127 g/mol. The fourth-order valence-electron chi connectivity index (χ4n) is 0.144. The molecule has 0 unspecified atom stereocenters. The molecule has 0 nitrogen and oxygen atoms in total. The molecule has 0 spiro atoms. The average Bonchev–Trinajstić information content (AvgIpc) is 2.10. The summed E-state index contributed by atoms with van der Waals surface area (Å²) in [7, 11) is 0.500. The standard InChI is InChI=1S/C6H10.C2H6.CH3F/c1-4-6(3)5-2;2*1-2/h4H,1,3,5H2,2H3;1-2H3;1H3. The van der Waals surface area contributed by atoms with Crippen molar-refractivity contribution in [2.75, 3.05) is 7.18 Å². The van der Waals surface area contributed by atoms with Crippen LogP contribution < -0.4 is 0 Å². The van der Waals surface area contributed by atoms with Gasteiger partial charge in [0, 0.05) is 0 Å². The third-order valence-electron chi connectivity index (χ3n) is 0.743. The van der Waals surface area contributed by atoms with Crippen molar-refractivity contribution in [3.63, 3.8) is 0 Å². The van der Waals surface area contributed by atoms with Gasteiger partial charge in [0.1, 0.15) is 0 Å².